The first-order valence-electron chi connectivity index (χ1n) is 9.01. The number of carbonyl (C=O) groups excluding carboxylic acids is 2. The van der Waals surface area contributed by atoms with Crippen LogP contribution >= 0.6 is 0 Å². The number of fused-ring (bicyclic) bond motifs is 1. The highest BCUT2D eigenvalue weighted by Crippen LogP contribution is 2.15. The molecule has 0 spiro atoms. The molecule has 2 N–H and O–H groups in total. The number of furan rings is 1. The lowest BCUT2D eigenvalue weighted by Gasteiger charge is -2.21. The van der Waals surface area contributed by atoms with Crippen molar-refractivity contribution in [3.8, 4) is 0 Å². The predicted molar refractivity (Wildman–Crippen MR) is 102 cm³/mol. The monoisotopic (exact) mass is 368 g/mol. The van der Waals surface area contributed by atoms with Gasteiger partial charge in [0.25, 0.3) is 5.91 Å². The first-order chi connectivity index (χ1) is 13.0. The Hall–Kier alpha value is -3.09. The average Bonchev–Trinajstić information content (AvgIpc) is 3.27. The Morgan fingerprint density at radius 2 is 1.96 bits per heavy atom. The fourth-order valence-electron chi connectivity index (χ4n) is 3.03. The topological polar surface area (TPSA) is 89.2 Å². The Morgan fingerprint density at radius 3 is 2.67 bits per heavy atom. The third-order valence-electron chi connectivity index (χ3n) is 4.46. The van der Waals surface area contributed by atoms with E-state index >= 15 is 0 Å². The van der Waals surface area contributed by atoms with Gasteiger partial charge in [-0.1, -0.05) is 26.0 Å². The maximum absolute atomic E-state index is 12.6. The van der Waals surface area contributed by atoms with Gasteiger partial charge in [0.15, 0.2) is 5.76 Å². The number of nitrogens with one attached hydrogen (secondary N) is 2. The molecule has 7 heteroatoms. The van der Waals surface area contributed by atoms with Gasteiger partial charge in [-0.05, 0) is 37.1 Å². The highest BCUT2D eigenvalue weighted by molar-refractivity contribution is 5.95. The zero-order chi connectivity index (χ0) is 19.4. The molecule has 142 valence electrons. The molecule has 0 fully saturated rings. The molecule has 1 atom stereocenters. The summed E-state index contributed by atoms with van der Waals surface area (Å²) in [5.41, 5.74) is 1.97. The molecule has 0 aliphatic rings. The van der Waals surface area contributed by atoms with Crippen molar-refractivity contribution in [2.75, 3.05) is 6.54 Å². The highest BCUT2D eigenvalue weighted by atomic mass is 16.3. The van der Waals surface area contributed by atoms with Crippen molar-refractivity contribution in [3.63, 3.8) is 0 Å². The molecule has 1 aromatic carbocycles. The molecular weight excluding hydrogens is 344 g/mol. The van der Waals surface area contributed by atoms with E-state index < -0.39 is 11.9 Å². The lowest BCUT2D eigenvalue weighted by Crippen LogP contribution is -2.50. The van der Waals surface area contributed by atoms with Gasteiger partial charge in [-0.25, -0.2) is 4.98 Å². The van der Waals surface area contributed by atoms with Crippen LogP contribution in [-0.2, 0) is 11.3 Å². The van der Waals surface area contributed by atoms with Crippen LogP contribution in [0, 0.1) is 12.8 Å². The second-order valence-electron chi connectivity index (χ2n) is 6.76. The number of para-hydroxylation sites is 2. The van der Waals surface area contributed by atoms with Gasteiger partial charge >= 0.3 is 0 Å². The van der Waals surface area contributed by atoms with E-state index in [1.165, 1.54) is 6.26 Å². The lowest BCUT2D eigenvalue weighted by atomic mass is 10.0. The highest BCUT2D eigenvalue weighted by Gasteiger charge is 2.25. The molecule has 0 radical (unpaired) electrons. The van der Waals surface area contributed by atoms with Crippen LogP contribution in [0.3, 0.4) is 0 Å². The molecule has 27 heavy (non-hydrogen) atoms. The summed E-state index contributed by atoms with van der Waals surface area (Å²) in [6.07, 6.45) is 1.43. The molecule has 3 rings (SSSR count). The van der Waals surface area contributed by atoms with Gasteiger partial charge in [0.1, 0.15) is 11.9 Å². The van der Waals surface area contributed by atoms with Crippen LogP contribution in [0.1, 0.15) is 30.2 Å². The van der Waals surface area contributed by atoms with Crippen LogP contribution in [0.5, 0.6) is 0 Å². The number of carbonyl (C=O) groups is 2. The molecule has 3 aromatic rings. The van der Waals surface area contributed by atoms with Crippen LogP contribution in [-0.4, -0.2) is 34.0 Å². The lowest BCUT2D eigenvalue weighted by molar-refractivity contribution is -0.123. The molecule has 0 saturated carbocycles. The smallest absolute Gasteiger partial charge is 0.287 e. The Balaban J connectivity index is 1.61. The van der Waals surface area contributed by atoms with Crippen molar-refractivity contribution in [1.29, 1.82) is 0 Å². The quantitative estimate of drug-likeness (QED) is 0.671. The second-order valence-corrected chi connectivity index (χ2v) is 6.76. The van der Waals surface area contributed by atoms with Crippen LogP contribution in [0.4, 0.5) is 0 Å². The van der Waals surface area contributed by atoms with Crippen molar-refractivity contribution in [2.45, 2.75) is 33.4 Å². The number of imidazole rings is 1. The van der Waals surface area contributed by atoms with E-state index in [2.05, 4.69) is 20.2 Å². The number of hydrogen-bond acceptors (Lipinski definition) is 4. The summed E-state index contributed by atoms with van der Waals surface area (Å²) in [6, 6.07) is 10.5. The molecule has 2 aromatic heterocycles. The summed E-state index contributed by atoms with van der Waals surface area (Å²) in [7, 11) is 0. The van der Waals surface area contributed by atoms with Gasteiger partial charge in [-0.2, -0.15) is 0 Å². The van der Waals surface area contributed by atoms with Gasteiger partial charge in [-0.15, -0.1) is 0 Å². The Morgan fingerprint density at radius 1 is 1.19 bits per heavy atom. The van der Waals surface area contributed by atoms with Crippen molar-refractivity contribution in [3.05, 3.63) is 54.2 Å². The molecule has 1 unspecified atom stereocenters. The summed E-state index contributed by atoms with van der Waals surface area (Å²) < 4.78 is 7.16. The Bertz CT molecular complexity index is 928. The SMILES string of the molecule is Cc1nc2ccccc2n1CCNC(=O)C(NC(=O)c1ccco1)C(C)C. The van der Waals surface area contributed by atoms with Gasteiger partial charge in [0, 0.05) is 13.1 Å². The third kappa shape index (κ3) is 4.19. The number of amides is 2. The largest absolute Gasteiger partial charge is 0.459 e. The second kappa shape index (κ2) is 8.07. The third-order valence-corrected chi connectivity index (χ3v) is 4.46. The predicted octanol–water partition coefficient (Wildman–Crippen LogP) is 2.51. The summed E-state index contributed by atoms with van der Waals surface area (Å²) in [4.78, 5) is 29.3. The summed E-state index contributed by atoms with van der Waals surface area (Å²) in [6.45, 7) is 6.78. The molecule has 7 nitrogen and oxygen atoms in total. The molecule has 0 saturated heterocycles. The number of hydrogen-bond donors (Lipinski definition) is 2. The maximum Gasteiger partial charge on any atom is 0.287 e. The number of nitrogens with zero attached hydrogens (tertiary/aromatic N) is 2. The number of aryl methyl sites for hydroxylation is 1. The summed E-state index contributed by atoms with van der Waals surface area (Å²) in [5.74, 6) is 0.419. The molecule has 0 bridgehead atoms. The number of rotatable bonds is 7. The van der Waals surface area contributed by atoms with Gasteiger partial charge in [0.05, 0.1) is 17.3 Å². The minimum atomic E-state index is -0.636. The molecule has 0 aliphatic carbocycles. The van der Waals surface area contributed by atoms with Gasteiger partial charge < -0.3 is 19.6 Å². The fraction of sp³-hybridized carbons (Fsp3) is 0.350. The normalized spacial score (nSPS) is 12.3. The molecule has 0 aliphatic heterocycles. The van der Waals surface area contributed by atoms with E-state index in [1.54, 1.807) is 12.1 Å². The van der Waals surface area contributed by atoms with Crippen molar-refractivity contribution in [2.24, 2.45) is 5.92 Å². The molecule has 2 amide bonds. The minimum absolute atomic E-state index is 0.0558. The first-order valence-corrected chi connectivity index (χ1v) is 9.01. The van der Waals surface area contributed by atoms with E-state index in [0.29, 0.717) is 13.1 Å². The molecule has 2 heterocycles. The van der Waals surface area contributed by atoms with Gasteiger partial charge in [0.2, 0.25) is 5.91 Å². The van der Waals surface area contributed by atoms with E-state index in [-0.39, 0.29) is 17.6 Å². The van der Waals surface area contributed by atoms with Crippen LogP contribution < -0.4 is 10.6 Å². The molecular formula is C20H24N4O3. The Labute approximate surface area is 157 Å². The van der Waals surface area contributed by atoms with Crippen molar-refractivity contribution >= 4 is 22.8 Å². The number of aromatic nitrogens is 2. The van der Waals surface area contributed by atoms with Gasteiger partial charge in [-0.3, -0.25) is 9.59 Å². The van der Waals surface area contributed by atoms with Crippen LogP contribution in [0.25, 0.3) is 11.0 Å². The maximum atomic E-state index is 12.6. The Kier molecular flexibility index (Phi) is 5.59. The van der Waals surface area contributed by atoms with E-state index in [4.69, 9.17) is 4.42 Å². The zero-order valence-corrected chi connectivity index (χ0v) is 15.7. The average molecular weight is 368 g/mol. The van der Waals surface area contributed by atoms with E-state index in [0.717, 1.165) is 16.9 Å². The standard InChI is InChI=1S/C20H24N4O3/c1-13(2)18(23-19(25)17-9-6-12-27-17)20(26)21-10-11-24-14(3)22-15-7-4-5-8-16(15)24/h4-9,12-13,18H,10-11H2,1-3H3,(H,21,26)(H,23,25). The first kappa shape index (κ1) is 18.7. The zero-order valence-electron chi connectivity index (χ0n) is 15.7. The van der Waals surface area contributed by atoms with Crippen molar-refractivity contribution < 1.29 is 14.0 Å². The van der Waals surface area contributed by atoms with E-state index in [1.807, 2.05) is 45.0 Å². The summed E-state index contributed by atoms with van der Waals surface area (Å²) in [5, 5.41) is 5.65. The van der Waals surface area contributed by atoms with Crippen LogP contribution in [0.15, 0.2) is 47.1 Å². The van der Waals surface area contributed by atoms with Crippen LogP contribution in [0.2, 0.25) is 0 Å². The van der Waals surface area contributed by atoms with E-state index in [9.17, 15) is 9.59 Å². The fourth-order valence-corrected chi connectivity index (χ4v) is 3.03. The summed E-state index contributed by atoms with van der Waals surface area (Å²) >= 11 is 0. The number of benzene rings is 1. The minimum Gasteiger partial charge on any atom is -0.459 e. The van der Waals surface area contributed by atoms with Crippen molar-refractivity contribution in [1.82, 2.24) is 20.2 Å².